The lowest BCUT2D eigenvalue weighted by Gasteiger charge is -2.19. The van der Waals surface area contributed by atoms with E-state index in [-0.39, 0.29) is 36.5 Å². The highest BCUT2D eigenvalue weighted by Crippen LogP contribution is 2.29. The first-order valence-corrected chi connectivity index (χ1v) is 10.6. The fourth-order valence-corrected chi connectivity index (χ4v) is 3.55. The largest absolute Gasteiger partial charge is 0.399 e. The van der Waals surface area contributed by atoms with E-state index in [1.54, 1.807) is 53.2 Å². The molecule has 33 heavy (non-hydrogen) atoms. The highest BCUT2D eigenvalue weighted by molar-refractivity contribution is 6.15. The lowest BCUT2D eigenvalue weighted by Crippen LogP contribution is -2.34. The molecule has 2 aromatic rings. The lowest BCUT2D eigenvalue weighted by molar-refractivity contribution is -0.343. The van der Waals surface area contributed by atoms with Crippen LogP contribution < -0.4 is 22.1 Å². The predicted octanol–water partition coefficient (Wildman–Crippen LogP) is 2.11. The van der Waals surface area contributed by atoms with Gasteiger partial charge >= 0.3 is 0 Å². The third-order valence-electron chi connectivity index (χ3n) is 5.07. The average molecular weight is 446 g/mol. The molecule has 1 heterocycles. The minimum atomic E-state index is -0.297. The van der Waals surface area contributed by atoms with Gasteiger partial charge in [0, 0.05) is 29.4 Å². The van der Waals surface area contributed by atoms with E-state index >= 15 is 0 Å². The molecule has 8 heteroatoms. The van der Waals surface area contributed by atoms with Crippen LogP contribution >= 0.6 is 0 Å². The Labute approximate surface area is 193 Å². The van der Waals surface area contributed by atoms with Crippen LogP contribution in [0.4, 0.5) is 5.69 Å². The molecule has 0 atom stereocenters. The van der Waals surface area contributed by atoms with E-state index in [0.717, 1.165) is 5.56 Å². The van der Waals surface area contributed by atoms with Crippen molar-refractivity contribution in [2.45, 2.75) is 32.9 Å². The number of nitrogens with zero attached hydrogens (tertiary/aromatic N) is 1. The maximum atomic E-state index is 13.3. The van der Waals surface area contributed by atoms with Gasteiger partial charge in [0.05, 0.1) is 12.0 Å². The molecule has 8 nitrogen and oxygen atoms in total. The summed E-state index contributed by atoms with van der Waals surface area (Å²) >= 11 is 0. The van der Waals surface area contributed by atoms with Gasteiger partial charge in [-0.15, -0.1) is 0 Å². The Kier molecular flexibility index (Phi) is 7.07. The summed E-state index contributed by atoms with van der Waals surface area (Å²) in [6.45, 7) is 8.21. The van der Waals surface area contributed by atoms with E-state index in [2.05, 4.69) is 17.4 Å². The third kappa shape index (κ3) is 5.74. The van der Waals surface area contributed by atoms with Crippen molar-refractivity contribution in [2.75, 3.05) is 5.73 Å². The number of amidine groups is 1. The second kappa shape index (κ2) is 9.95. The minimum Gasteiger partial charge on any atom is -0.399 e. The van der Waals surface area contributed by atoms with Crippen molar-refractivity contribution in [1.82, 2.24) is 10.6 Å². The molecule has 1 amide bonds. The topological polar surface area (TPSA) is 137 Å². The van der Waals surface area contributed by atoms with Crippen LogP contribution in [-0.2, 0) is 16.1 Å². The van der Waals surface area contributed by atoms with Gasteiger partial charge in [0.1, 0.15) is 18.3 Å². The van der Waals surface area contributed by atoms with Crippen molar-refractivity contribution >= 4 is 35.6 Å². The number of anilines is 1. The monoisotopic (exact) mass is 445 g/mol. The summed E-state index contributed by atoms with van der Waals surface area (Å²) in [6, 6.07) is 14.2. The normalized spacial score (nSPS) is 13.7. The molecule has 0 unspecified atom stereocenters. The van der Waals surface area contributed by atoms with Gasteiger partial charge in [-0.05, 0) is 37.6 Å². The molecular weight excluding hydrogens is 416 g/mol. The van der Waals surface area contributed by atoms with Crippen molar-refractivity contribution in [3.63, 3.8) is 0 Å². The maximum Gasteiger partial charge on any atom is 0.225 e. The molecule has 0 bridgehead atoms. The lowest BCUT2D eigenvalue weighted by atomic mass is 9.94. The summed E-state index contributed by atoms with van der Waals surface area (Å²) in [7, 11) is 0. The first-order chi connectivity index (χ1) is 15.7. The zero-order valence-electron chi connectivity index (χ0n) is 18.8. The second-order valence-corrected chi connectivity index (χ2v) is 8.16. The molecule has 0 radical (unpaired) electrons. The number of amides is 1. The summed E-state index contributed by atoms with van der Waals surface area (Å²) in [5.74, 6) is -0.560. The van der Waals surface area contributed by atoms with Crippen LogP contribution in [0, 0.1) is 5.41 Å². The van der Waals surface area contributed by atoms with Crippen LogP contribution in [0.1, 0.15) is 37.0 Å². The average Bonchev–Trinajstić information content (AvgIpc) is 2.75. The number of hydrogen-bond donors (Lipinski definition) is 5. The van der Waals surface area contributed by atoms with E-state index in [4.69, 9.17) is 16.9 Å². The summed E-state index contributed by atoms with van der Waals surface area (Å²) < 4.78 is 1.60. The molecule has 0 saturated heterocycles. The van der Waals surface area contributed by atoms with Crippen LogP contribution in [-0.4, -0.2) is 34.9 Å². The Morgan fingerprint density at radius 1 is 1.18 bits per heavy atom. The summed E-state index contributed by atoms with van der Waals surface area (Å²) in [4.78, 5) is 26.1. The van der Waals surface area contributed by atoms with Crippen LogP contribution in [0.5, 0.6) is 0 Å². The fourth-order valence-electron chi connectivity index (χ4n) is 3.55. The van der Waals surface area contributed by atoms with Crippen molar-refractivity contribution in [2.24, 2.45) is 5.73 Å². The SMILES string of the molecule is C=[N+]1C=C(NC(C)C)C(=O)C(CC(=O)NCc2ccc(C(=N)N)cc2)=C1c1cccc(N)c1. The van der Waals surface area contributed by atoms with Gasteiger partial charge in [0.15, 0.2) is 0 Å². The summed E-state index contributed by atoms with van der Waals surface area (Å²) in [5.41, 5.74) is 15.4. The quantitative estimate of drug-likeness (QED) is 0.183. The molecule has 2 aromatic carbocycles. The van der Waals surface area contributed by atoms with Crippen LogP contribution in [0.3, 0.4) is 0 Å². The van der Waals surface area contributed by atoms with E-state index in [0.29, 0.717) is 33.8 Å². The van der Waals surface area contributed by atoms with E-state index in [1.807, 2.05) is 19.9 Å². The Hall–Kier alpha value is -4.20. The van der Waals surface area contributed by atoms with Gasteiger partial charge < -0.3 is 22.1 Å². The Balaban J connectivity index is 1.85. The highest BCUT2D eigenvalue weighted by atomic mass is 16.2. The minimum absolute atomic E-state index is 0.0148. The number of rotatable bonds is 8. The standard InChI is InChI=1S/C25H28N6O2/c1-15(2)30-21-14-31(3)23(18-5-4-6-19(26)11-18)20(24(21)33)12-22(32)29-13-16-7-9-17(10-8-16)25(27)28/h4-11,14-15,30H,3,12-13,26H2,1-2H3,(H3-,27,28,29,32)/p+1. The Morgan fingerprint density at radius 3 is 2.48 bits per heavy atom. The number of ketones is 1. The number of nitrogens with two attached hydrogens (primary N) is 2. The number of benzene rings is 2. The van der Waals surface area contributed by atoms with Gasteiger partial charge in [-0.3, -0.25) is 15.0 Å². The molecule has 3 rings (SSSR count). The van der Waals surface area contributed by atoms with E-state index in [9.17, 15) is 9.59 Å². The first kappa shape index (κ1) is 23.5. The molecule has 0 aromatic heterocycles. The summed E-state index contributed by atoms with van der Waals surface area (Å²) in [6.07, 6.45) is 1.52. The number of Topliss-reactive ketones (excluding diaryl/α,β-unsaturated/α-hetero) is 1. The van der Waals surface area contributed by atoms with Crippen molar-refractivity contribution < 1.29 is 14.2 Å². The number of nitrogen functional groups attached to an aromatic ring is 2. The maximum absolute atomic E-state index is 13.3. The second-order valence-electron chi connectivity index (χ2n) is 8.16. The Bertz CT molecular complexity index is 1180. The van der Waals surface area contributed by atoms with Crippen LogP contribution in [0.25, 0.3) is 5.70 Å². The number of carbonyl (C=O) groups excluding carboxylic acids is 2. The van der Waals surface area contributed by atoms with Gasteiger partial charge in [0.25, 0.3) is 0 Å². The van der Waals surface area contributed by atoms with Crippen molar-refractivity contribution in [3.8, 4) is 0 Å². The number of hydrogen-bond acceptors (Lipinski definition) is 5. The molecule has 1 aliphatic rings. The molecular formula is C25H29N6O2+. The predicted molar refractivity (Wildman–Crippen MR) is 130 cm³/mol. The van der Waals surface area contributed by atoms with Crippen molar-refractivity contribution in [3.05, 3.63) is 82.7 Å². The zero-order valence-corrected chi connectivity index (χ0v) is 18.8. The molecule has 0 aliphatic carbocycles. The number of nitrogens with one attached hydrogen (secondary N) is 3. The Morgan fingerprint density at radius 2 is 1.88 bits per heavy atom. The van der Waals surface area contributed by atoms with Gasteiger partial charge in [-0.2, -0.15) is 4.58 Å². The number of carbonyl (C=O) groups is 2. The van der Waals surface area contributed by atoms with E-state index in [1.165, 1.54) is 0 Å². The molecule has 1 aliphatic heterocycles. The molecule has 7 N–H and O–H groups in total. The smallest absolute Gasteiger partial charge is 0.225 e. The van der Waals surface area contributed by atoms with Gasteiger partial charge in [0.2, 0.25) is 23.6 Å². The van der Waals surface area contributed by atoms with E-state index < -0.39 is 0 Å². The zero-order chi connectivity index (χ0) is 24.1. The number of allylic oxidation sites excluding steroid dienone is 1. The van der Waals surface area contributed by atoms with Crippen LogP contribution in [0.2, 0.25) is 0 Å². The molecule has 0 fully saturated rings. The fraction of sp³-hybridized carbons (Fsp3) is 0.200. The highest BCUT2D eigenvalue weighted by Gasteiger charge is 2.34. The third-order valence-corrected chi connectivity index (χ3v) is 5.07. The first-order valence-electron chi connectivity index (χ1n) is 10.6. The van der Waals surface area contributed by atoms with Crippen molar-refractivity contribution in [1.29, 1.82) is 5.41 Å². The summed E-state index contributed by atoms with van der Waals surface area (Å²) in [5, 5.41) is 13.4. The molecule has 0 spiro atoms. The van der Waals surface area contributed by atoms with Gasteiger partial charge in [-0.1, -0.05) is 30.3 Å². The van der Waals surface area contributed by atoms with Gasteiger partial charge in [-0.25, -0.2) is 0 Å². The molecule has 0 saturated carbocycles. The van der Waals surface area contributed by atoms with Crippen LogP contribution in [0.15, 0.2) is 66.0 Å². The molecule has 170 valence electrons.